The van der Waals surface area contributed by atoms with E-state index in [0.717, 1.165) is 25.7 Å². The average molecular weight is 226 g/mol. The zero-order chi connectivity index (χ0) is 12.2. The largest absolute Gasteiger partial charge is 0.436 e. The van der Waals surface area contributed by atoms with E-state index in [1.807, 2.05) is 20.8 Å². The normalized spacial score (nSPS) is 21.0. The number of ether oxygens (including phenoxy) is 1. The van der Waals surface area contributed by atoms with Crippen LogP contribution in [0.5, 0.6) is 0 Å². The molecule has 0 bridgehead atoms. The molecule has 0 amide bonds. The van der Waals surface area contributed by atoms with Gasteiger partial charge in [0.15, 0.2) is 0 Å². The molecule has 0 saturated heterocycles. The van der Waals surface area contributed by atoms with Gasteiger partial charge in [0.05, 0.1) is 5.54 Å². The Labute approximate surface area is 97.5 Å². The van der Waals surface area contributed by atoms with Crippen molar-refractivity contribution >= 4 is 5.97 Å². The molecule has 1 saturated carbocycles. The van der Waals surface area contributed by atoms with Crippen LogP contribution in [0.3, 0.4) is 0 Å². The molecule has 0 aliphatic heterocycles. The van der Waals surface area contributed by atoms with Crippen LogP contribution in [-0.4, -0.2) is 17.2 Å². The fraction of sp³-hybridized carbons (Fsp3) is 0.917. The predicted octanol–water partition coefficient (Wildman–Crippen LogP) is 3.46. The van der Waals surface area contributed by atoms with Crippen LogP contribution in [0.4, 0.5) is 0 Å². The van der Waals surface area contributed by atoms with E-state index in [0.29, 0.717) is 0 Å². The second-order valence-corrected chi connectivity index (χ2v) is 5.47. The van der Waals surface area contributed by atoms with Crippen LogP contribution in [-0.2, 0) is 9.53 Å². The van der Waals surface area contributed by atoms with Crippen molar-refractivity contribution < 1.29 is 9.53 Å². The van der Waals surface area contributed by atoms with Gasteiger partial charge in [-0.05, 0) is 33.6 Å². The maximum atomic E-state index is 11.1. The minimum Gasteiger partial charge on any atom is -0.436 e. The molecule has 4 nitrogen and oxygen atoms in total. The number of carbonyl (C=O) groups excluding carboxylic acids is 1. The summed E-state index contributed by atoms with van der Waals surface area (Å²) in [5.74, 6) is -0.269. The van der Waals surface area contributed by atoms with Crippen molar-refractivity contribution in [3.63, 3.8) is 0 Å². The molecular formula is C12H22N2O2. The van der Waals surface area contributed by atoms with Crippen molar-refractivity contribution in [2.75, 3.05) is 0 Å². The first-order valence-electron chi connectivity index (χ1n) is 5.97. The van der Waals surface area contributed by atoms with Gasteiger partial charge in [0.2, 0.25) is 5.72 Å². The van der Waals surface area contributed by atoms with Crippen molar-refractivity contribution in [2.45, 2.75) is 71.1 Å². The first-order valence-corrected chi connectivity index (χ1v) is 5.97. The van der Waals surface area contributed by atoms with Crippen LogP contribution in [0.15, 0.2) is 10.2 Å². The molecule has 0 N–H and O–H groups in total. The average Bonchev–Trinajstić information content (AvgIpc) is 2.14. The van der Waals surface area contributed by atoms with Crippen molar-refractivity contribution in [3.8, 4) is 0 Å². The number of hydrogen-bond donors (Lipinski definition) is 0. The predicted molar refractivity (Wildman–Crippen MR) is 62.2 cm³/mol. The lowest BCUT2D eigenvalue weighted by Gasteiger charge is -2.32. The van der Waals surface area contributed by atoms with Gasteiger partial charge in [-0.25, -0.2) is 0 Å². The van der Waals surface area contributed by atoms with Gasteiger partial charge in [-0.2, -0.15) is 5.11 Å². The molecule has 0 radical (unpaired) electrons. The second-order valence-electron chi connectivity index (χ2n) is 5.47. The number of carbonyl (C=O) groups is 1. The zero-order valence-electron chi connectivity index (χ0n) is 10.7. The Morgan fingerprint density at radius 1 is 1.19 bits per heavy atom. The Morgan fingerprint density at radius 3 is 2.19 bits per heavy atom. The maximum absolute atomic E-state index is 11.1. The van der Waals surface area contributed by atoms with E-state index < -0.39 is 5.72 Å². The lowest BCUT2D eigenvalue weighted by molar-refractivity contribution is -0.160. The molecule has 1 fully saturated rings. The van der Waals surface area contributed by atoms with Crippen molar-refractivity contribution in [3.05, 3.63) is 0 Å². The Hall–Kier alpha value is -0.930. The zero-order valence-corrected chi connectivity index (χ0v) is 10.7. The number of esters is 1. The summed E-state index contributed by atoms with van der Waals surface area (Å²) >= 11 is 0. The van der Waals surface area contributed by atoms with Crippen LogP contribution >= 0.6 is 0 Å². The van der Waals surface area contributed by atoms with Crippen LogP contribution in [0.25, 0.3) is 0 Å². The fourth-order valence-electron chi connectivity index (χ4n) is 1.84. The van der Waals surface area contributed by atoms with Crippen molar-refractivity contribution in [2.24, 2.45) is 10.2 Å². The highest BCUT2D eigenvalue weighted by atomic mass is 16.6. The third-order valence-corrected chi connectivity index (χ3v) is 2.50. The van der Waals surface area contributed by atoms with Crippen molar-refractivity contribution in [1.82, 2.24) is 0 Å². The lowest BCUT2D eigenvalue weighted by Crippen LogP contribution is -2.35. The molecule has 1 aliphatic carbocycles. The van der Waals surface area contributed by atoms with E-state index in [4.69, 9.17) is 4.74 Å². The molecule has 0 spiro atoms. The Morgan fingerprint density at radius 2 is 1.75 bits per heavy atom. The molecule has 0 aromatic rings. The number of azo groups is 1. The third-order valence-electron chi connectivity index (χ3n) is 2.50. The van der Waals surface area contributed by atoms with Gasteiger partial charge in [-0.15, -0.1) is 5.11 Å². The molecule has 4 heteroatoms. The number of rotatable bonds is 2. The van der Waals surface area contributed by atoms with Crippen molar-refractivity contribution in [1.29, 1.82) is 0 Å². The van der Waals surface area contributed by atoms with E-state index in [-0.39, 0.29) is 11.5 Å². The topological polar surface area (TPSA) is 51.0 Å². The van der Waals surface area contributed by atoms with Gasteiger partial charge in [0, 0.05) is 19.8 Å². The van der Waals surface area contributed by atoms with Crippen LogP contribution in [0.1, 0.15) is 59.8 Å². The Balaban J connectivity index is 2.77. The van der Waals surface area contributed by atoms with Gasteiger partial charge in [0.1, 0.15) is 0 Å². The van der Waals surface area contributed by atoms with E-state index in [1.54, 1.807) is 0 Å². The highest BCUT2D eigenvalue weighted by molar-refractivity contribution is 5.66. The molecule has 92 valence electrons. The Kier molecular flexibility index (Phi) is 4.05. The number of nitrogens with zero attached hydrogens (tertiary/aromatic N) is 2. The highest BCUT2D eigenvalue weighted by Gasteiger charge is 2.35. The molecule has 0 aromatic carbocycles. The summed E-state index contributed by atoms with van der Waals surface area (Å²) in [6, 6.07) is 0. The Bertz CT molecular complexity index is 273. The first-order chi connectivity index (χ1) is 7.33. The van der Waals surface area contributed by atoms with E-state index in [9.17, 15) is 4.79 Å². The molecule has 16 heavy (non-hydrogen) atoms. The van der Waals surface area contributed by atoms with Gasteiger partial charge in [-0.3, -0.25) is 4.79 Å². The van der Waals surface area contributed by atoms with Gasteiger partial charge < -0.3 is 4.74 Å². The fourth-order valence-corrected chi connectivity index (χ4v) is 1.84. The summed E-state index contributed by atoms with van der Waals surface area (Å²) < 4.78 is 5.37. The summed E-state index contributed by atoms with van der Waals surface area (Å²) in [6.07, 6.45) is 4.89. The first kappa shape index (κ1) is 13.1. The quantitative estimate of drug-likeness (QED) is 0.534. The van der Waals surface area contributed by atoms with E-state index in [2.05, 4.69) is 10.2 Å². The molecule has 0 unspecified atom stereocenters. The molecule has 0 atom stereocenters. The minimum atomic E-state index is -0.683. The molecule has 0 heterocycles. The van der Waals surface area contributed by atoms with E-state index in [1.165, 1.54) is 13.3 Å². The van der Waals surface area contributed by atoms with Crippen LogP contribution in [0, 0.1) is 0 Å². The SMILES string of the molecule is CC(=O)OC1(/N=N/C(C)(C)C)CCCCC1. The molecule has 1 rings (SSSR count). The maximum Gasteiger partial charge on any atom is 0.304 e. The van der Waals surface area contributed by atoms with Gasteiger partial charge in [0.25, 0.3) is 0 Å². The third kappa shape index (κ3) is 4.29. The number of hydrogen-bond acceptors (Lipinski definition) is 4. The molecule has 0 aromatic heterocycles. The summed E-state index contributed by atoms with van der Waals surface area (Å²) in [7, 11) is 0. The summed E-state index contributed by atoms with van der Waals surface area (Å²) in [4.78, 5) is 11.1. The molecular weight excluding hydrogens is 204 g/mol. The van der Waals surface area contributed by atoms with Gasteiger partial charge in [-0.1, -0.05) is 6.42 Å². The molecule has 1 aliphatic rings. The summed E-state index contributed by atoms with van der Waals surface area (Å²) in [6.45, 7) is 7.39. The standard InChI is InChI=1S/C12H22N2O2/c1-10(15)16-12(8-6-5-7-9-12)14-13-11(2,3)4/h5-9H2,1-4H3/b14-13+. The summed E-state index contributed by atoms with van der Waals surface area (Å²) in [5.41, 5.74) is -0.901. The summed E-state index contributed by atoms with van der Waals surface area (Å²) in [5, 5.41) is 8.56. The lowest BCUT2D eigenvalue weighted by atomic mass is 9.92. The highest BCUT2D eigenvalue weighted by Crippen LogP contribution is 2.34. The van der Waals surface area contributed by atoms with Crippen LogP contribution in [0.2, 0.25) is 0 Å². The smallest absolute Gasteiger partial charge is 0.304 e. The minimum absolute atomic E-state index is 0.218. The van der Waals surface area contributed by atoms with Crippen LogP contribution < -0.4 is 0 Å². The second kappa shape index (κ2) is 4.93. The van der Waals surface area contributed by atoms with Gasteiger partial charge >= 0.3 is 5.97 Å². The van der Waals surface area contributed by atoms with E-state index >= 15 is 0 Å². The monoisotopic (exact) mass is 226 g/mol.